The van der Waals surface area contributed by atoms with Gasteiger partial charge in [0.2, 0.25) is 5.91 Å². The predicted octanol–water partition coefficient (Wildman–Crippen LogP) is 4.83. The average Bonchev–Trinajstić information content (AvgIpc) is 2.64. The molecule has 2 heterocycles. The van der Waals surface area contributed by atoms with Crippen molar-refractivity contribution in [3.05, 3.63) is 46.7 Å². The van der Waals surface area contributed by atoms with E-state index in [9.17, 15) is 9.59 Å². The number of aliphatic imine (C=N–C) groups is 1. The highest BCUT2D eigenvalue weighted by molar-refractivity contribution is 8.14. The maximum absolute atomic E-state index is 13.0. The van der Waals surface area contributed by atoms with Gasteiger partial charge in [0, 0.05) is 12.2 Å². The van der Waals surface area contributed by atoms with Crippen molar-refractivity contribution in [2.24, 2.45) is 10.9 Å². The van der Waals surface area contributed by atoms with Gasteiger partial charge in [0.05, 0.1) is 23.9 Å². The minimum Gasteiger partial charge on any atom is -0.462 e. The second-order valence-electron chi connectivity index (χ2n) is 9.02. The minimum atomic E-state index is -0.503. The van der Waals surface area contributed by atoms with Gasteiger partial charge in [-0.25, -0.2) is 9.79 Å². The first-order valence-corrected chi connectivity index (χ1v) is 11.1. The Morgan fingerprint density at radius 3 is 2.52 bits per heavy atom. The van der Waals surface area contributed by atoms with Crippen molar-refractivity contribution in [1.82, 2.24) is 4.90 Å². The molecule has 0 N–H and O–H groups in total. The molecule has 1 amide bonds. The third-order valence-electron chi connectivity index (χ3n) is 5.07. The van der Waals surface area contributed by atoms with Crippen molar-refractivity contribution >= 4 is 28.8 Å². The Morgan fingerprint density at radius 1 is 1.28 bits per heavy atom. The third-order valence-corrected chi connectivity index (χ3v) is 6.02. The van der Waals surface area contributed by atoms with Crippen molar-refractivity contribution in [2.75, 3.05) is 12.4 Å². The Hall–Kier alpha value is -2.08. The van der Waals surface area contributed by atoms with Gasteiger partial charge >= 0.3 is 5.97 Å². The van der Waals surface area contributed by atoms with E-state index in [1.807, 2.05) is 32.9 Å². The molecule has 0 saturated carbocycles. The van der Waals surface area contributed by atoms with Crippen LogP contribution in [-0.4, -0.2) is 34.3 Å². The zero-order valence-corrected chi connectivity index (χ0v) is 18.9. The van der Waals surface area contributed by atoms with E-state index >= 15 is 0 Å². The van der Waals surface area contributed by atoms with Crippen LogP contribution in [0.3, 0.4) is 0 Å². The third kappa shape index (κ3) is 4.58. The van der Waals surface area contributed by atoms with Gasteiger partial charge in [-0.2, -0.15) is 0 Å². The molecule has 156 valence electrons. The molecule has 5 nitrogen and oxygen atoms in total. The Labute approximate surface area is 177 Å². The molecule has 0 radical (unpaired) electrons. The molecule has 1 atom stereocenters. The van der Waals surface area contributed by atoms with E-state index < -0.39 is 12.0 Å². The number of amides is 1. The molecular formula is C23H30N2O3S. The van der Waals surface area contributed by atoms with Crippen LogP contribution in [0.2, 0.25) is 0 Å². The van der Waals surface area contributed by atoms with Crippen LogP contribution in [0.1, 0.15) is 65.1 Å². The normalized spacial score (nSPS) is 20.0. The van der Waals surface area contributed by atoms with Gasteiger partial charge in [-0.3, -0.25) is 9.69 Å². The fourth-order valence-electron chi connectivity index (χ4n) is 3.46. The minimum absolute atomic E-state index is 0.00550. The second kappa shape index (κ2) is 8.34. The number of allylic oxidation sites excluding steroid dienone is 1. The highest BCUT2D eigenvalue weighted by Crippen LogP contribution is 2.40. The first kappa shape index (κ1) is 21.6. The van der Waals surface area contributed by atoms with E-state index in [0.717, 1.165) is 5.56 Å². The number of benzene rings is 1. The van der Waals surface area contributed by atoms with E-state index in [1.54, 1.807) is 16.7 Å². The lowest BCUT2D eigenvalue weighted by atomic mass is 9.85. The summed E-state index contributed by atoms with van der Waals surface area (Å²) < 4.78 is 5.55. The van der Waals surface area contributed by atoms with Crippen LogP contribution < -0.4 is 0 Å². The number of carbonyl (C=O) groups excluding carboxylic acids is 2. The van der Waals surface area contributed by atoms with Gasteiger partial charge in [-0.1, -0.05) is 70.6 Å². The maximum atomic E-state index is 13.0. The first-order valence-electron chi connectivity index (χ1n) is 10.1. The van der Waals surface area contributed by atoms with Crippen molar-refractivity contribution in [2.45, 2.75) is 59.4 Å². The van der Waals surface area contributed by atoms with E-state index in [1.165, 1.54) is 5.56 Å². The fourth-order valence-corrected chi connectivity index (χ4v) is 4.47. The van der Waals surface area contributed by atoms with Gasteiger partial charge in [0.25, 0.3) is 0 Å². The molecule has 6 heteroatoms. The summed E-state index contributed by atoms with van der Waals surface area (Å²) >= 11 is 1.56. The Morgan fingerprint density at radius 2 is 1.93 bits per heavy atom. The summed E-state index contributed by atoms with van der Waals surface area (Å²) in [6.07, 6.45) is 0.438. The van der Waals surface area contributed by atoms with E-state index in [0.29, 0.717) is 35.2 Å². The van der Waals surface area contributed by atoms with Crippen LogP contribution in [0.25, 0.3) is 0 Å². The number of amidine groups is 1. The maximum Gasteiger partial charge on any atom is 0.338 e. The predicted molar refractivity (Wildman–Crippen MR) is 118 cm³/mol. The van der Waals surface area contributed by atoms with Gasteiger partial charge in [0.1, 0.15) is 0 Å². The highest BCUT2D eigenvalue weighted by Gasteiger charge is 2.41. The molecule has 3 rings (SSSR count). The lowest BCUT2D eigenvalue weighted by Gasteiger charge is -2.39. The smallest absolute Gasteiger partial charge is 0.338 e. The topological polar surface area (TPSA) is 59.0 Å². The SMILES string of the molecule is CC1=C(C(=O)OCC(C)C)[C@@H](c2ccc(C(C)(C)C)cc2)N2C(=O)CCSC2=N1. The van der Waals surface area contributed by atoms with Crippen LogP contribution in [0, 0.1) is 5.92 Å². The number of rotatable bonds is 4. The summed E-state index contributed by atoms with van der Waals surface area (Å²) in [6, 6.07) is 7.69. The molecule has 1 saturated heterocycles. The average molecular weight is 415 g/mol. The van der Waals surface area contributed by atoms with Crippen LogP contribution in [0.15, 0.2) is 40.5 Å². The van der Waals surface area contributed by atoms with Gasteiger partial charge in [0.15, 0.2) is 5.17 Å². The van der Waals surface area contributed by atoms with Crippen LogP contribution in [-0.2, 0) is 19.7 Å². The molecule has 0 bridgehead atoms. The molecule has 2 aliphatic rings. The number of hydrogen-bond donors (Lipinski definition) is 0. The number of nitrogens with zero attached hydrogens (tertiary/aromatic N) is 2. The van der Waals surface area contributed by atoms with E-state index in [2.05, 4.69) is 37.9 Å². The number of hydrogen-bond acceptors (Lipinski definition) is 5. The lowest BCUT2D eigenvalue weighted by Crippen LogP contribution is -2.45. The van der Waals surface area contributed by atoms with Crippen LogP contribution in [0.4, 0.5) is 0 Å². The molecule has 0 aliphatic carbocycles. The van der Waals surface area contributed by atoms with Gasteiger partial charge in [-0.05, 0) is 29.4 Å². The van der Waals surface area contributed by atoms with Crippen molar-refractivity contribution in [3.8, 4) is 0 Å². The number of thioether (sulfide) groups is 1. The Bertz CT molecular complexity index is 863. The fraction of sp³-hybridized carbons (Fsp3) is 0.522. The van der Waals surface area contributed by atoms with Crippen molar-refractivity contribution < 1.29 is 14.3 Å². The summed E-state index contributed by atoms with van der Waals surface area (Å²) in [5, 5.41) is 0.670. The molecule has 0 spiro atoms. The van der Waals surface area contributed by atoms with E-state index in [-0.39, 0.29) is 17.2 Å². The lowest BCUT2D eigenvalue weighted by molar-refractivity contribution is -0.141. The number of carbonyl (C=O) groups is 2. The number of esters is 1. The molecule has 1 aromatic rings. The molecule has 1 aromatic carbocycles. The van der Waals surface area contributed by atoms with Crippen molar-refractivity contribution in [3.63, 3.8) is 0 Å². The summed E-state index contributed by atoms with van der Waals surface area (Å²) in [6.45, 7) is 12.7. The summed E-state index contributed by atoms with van der Waals surface area (Å²) in [5.41, 5.74) is 3.21. The first-order chi connectivity index (χ1) is 13.6. The van der Waals surface area contributed by atoms with E-state index in [4.69, 9.17) is 4.74 Å². The van der Waals surface area contributed by atoms with Gasteiger partial charge in [-0.15, -0.1) is 0 Å². The molecule has 2 aliphatic heterocycles. The summed E-state index contributed by atoms with van der Waals surface area (Å²) in [4.78, 5) is 32.1. The van der Waals surface area contributed by atoms with Crippen LogP contribution in [0.5, 0.6) is 0 Å². The molecule has 0 unspecified atom stereocenters. The Kier molecular flexibility index (Phi) is 6.22. The van der Waals surface area contributed by atoms with Gasteiger partial charge < -0.3 is 4.74 Å². The largest absolute Gasteiger partial charge is 0.462 e. The molecule has 1 fully saturated rings. The van der Waals surface area contributed by atoms with Crippen molar-refractivity contribution in [1.29, 1.82) is 0 Å². The highest BCUT2D eigenvalue weighted by atomic mass is 32.2. The zero-order chi connectivity index (χ0) is 21.3. The zero-order valence-electron chi connectivity index (χ0n) is 18.1. The summed E-state index contributed by atoms with van der Waals surface area (Å²) in [5.74, 6) is 0.546. The summed E-state index contributed by atoms with van der Waals surface area (Å²) in [7, 11) is 0. The quantitative estimate of drug-likeness (QED) is 0.662. The Balaban J connectivity index is 2.06. The molecule has 29 heavy (non-hydrogen) atoms. The van der Waals surface area contributed by atoms with Crippen LogP contribution >= 0.6 is 11.8 Å². The molecular weight excluding hydrogens is 384 g/mol. The number of fused-ring (bicyclic) bond motifs is 1. The monoisotopic (exact) mass is 414 g/mol. The number of ether oxygens (including phenoxy) is 1. The molecule has 0 aromatic heterocycles. The second-order valence-corrected chi connectivity index (χ2v) is 10.1. The standard InChI is InChI=1S/C23H30N2O3S/c1-14(2)13-28-21(27)19-15(3)24-22-25(18(26)11-12-29-22)20(19)16-7-9-17(10-8-16)23(4,5)6/h7-10,14,20H,11-13H2,1-6H3/t20-/m1/s1.